The van der Waals surface area contributed by atoms with E-state index < -0.39 is 10.2 Å². The Bertz CT molecular complexity index is 239. The maximum absolute atomic E-state index is 11.5. The highest BCUT2D eigenvalue weighted by Crippen LogP contribution is 1.99. The lowest BCUT2D eigenvalue weighted by molar-refractivity contribution is 0.402. The Morgan fingerprint density at radius 1 is 1.29 bits per heavy atom. The highest BCUT2D eigenvalue weighted by Gasteiger charge is 2.18. The Balaban J connectivity index is 3.96. The number of nitrogens with one attached hydrogen (secondary N) is 2. The van der Waals surface area contributed by atoms with Crippen molar-refractivity contribution in [3.05, 3.63) is 0 Å². The van der Waals surface area contributed by atoms with Gasteiger partial charge in [0.15, 0.2) is 0 Å². The molecule has 0 radical (unpaired) electrons. The van der Waals surface area contributed by atoms with Gasteiger partial charge >= 0.3 is 0 Å². The van der Waals surface area contributed by atoms with Gasteiger partial charge in [-0.2, -0.15) is 12.7 Å². The molecule has 14 heavy (non-hydrogen) atoms. The van der Waals surface area contributed by atoms with E-state index in [0.717, 1.165) is 13.0 Å². The first kappa shape index (κ1) is 13.8. The van der Waals surface area contributed by atoms with Gasteiger partial charge in [0.2, 0.25) is 0 Å². The van der Waals surface area contributed by atoms with Crippen LogP contribution in [0.2, 0.25) is 0 Å². The molecule has 2 N–H and O–H groups in total. The third kappa shape index (κ3) is 4.90. The van der Waals surface area contributed by atoms with Crippen molar-refractivity contribution < 1.29 is 8.42 Å². The summed E-state index contributed by atoms with van der Waals surface area (Å²) in [5, 5.41) is 2.96. The SMILES string of the molecule is CNCCCNS(=O)(=O)N(C)C(C)C. The second kappa shape index (κ2) is 6.34. The fraction of sp³-hybridized carbons (Fsp3) is 1.00. The lowest BCUT2D eigenvalue weighted by atomic mass is 10.4. The lowest BCUT2D eigenvalue weighted by Crippen LogP contribution is -2.42. The molecule has 0 aromatic carbocycles. The van der Waals surface area contributed by atoms with Crippen LogP contribution in [0.3, 0.4) is 0 Å². The standard InChI is InChI=1S/C8H21N3O2S/c1-8(2)11(4)14(12,13)10-7-5-6-9-3/h8-10H,5-7H2,1-4H3. The molecule has 0 atom stereocenters. The Labute approximate surface area is 87.0 Å². The Morgan fingerprint density at radius 3 is 2.29 bits per heavy atom. The van der Waals surface area contributed by atoms with Crippen LogP contribution in [0.4, 0.5) is 0 Å². The molecule has 0 fully saturated rings. The van der Waals surface area contributed by atoms with Gasteiger partial charge < -0.3 is 5.32 Å². The van der Waals surface area contributed by atoms with Gasteiger partial charge in [-0.3, -0.25) is 0 Å². The molecule has 0 unspecified atom stereocenters. The minimum absolute atomic E-state index is 0.0169. The third-order valence-corrected chi connectivity index (χ3v) is 3.74. The normalized spacial score (nSPS) is 12.7. The topological polar surface area (TPSA) is 61.4 Å². The van der Waals surface area contributed by atoms with E-state index in [1.54, 1.807) is 7.05 Å². The van der Waals surface area contributed by atoms with Gasteiger partial charge in [-0.25, -0.2) is 4.72 Å². The summed E-state index contributed by atoms with van der Waals surface area (Å²) in [5.74, 6) is 0. The molecule has 0 rings (SSSR count). The van der Waals surface area contributed by atoms with Crippen LogP contribution < -0.4 is 10.0 Å². The zero-order valence-corrected chi connectivity index (χ0v) is 10.2. The third-order valence-electron chi connectivity index (χ3n) is 1.99. The summed E-state index contributed by atoms with van der Waals surface area (Å²) in [7, 11) is 0.132. The van der Waals surface area contributed by atoms with Crippen LogP contribution in [-0.4, -0.2) is 45.9 Å². The van der Waals surface area contributed by atoms with Gasteiger partial charge in [-0.1, -0.05) is 0 Å². The monoisotopic (exact) mass is 223 g/mol. The molecule has 0 spiro atoms. The first-order valence-electron chi connectivity index (χ1n) is 4.79. The molecule has 0 amide bonds. The van der Waals surface area contributed by atoms with Crippen molar-refractivity contribution in [2.75, 3.05) is 27.2 Å². The molecule has 0 saturated carbocycles. The van der Waals surface area contributed by atoms with Gasteiger partial charge in [0.05, 0.1) is 0 Å². The molecule has 86 valence electrons. The van der Waals surface area contributed by atoms with Crippen molar-refractivity contribution in [2.45, 2.75) is 26.3 Å². The predicted octanol–water partition coefficient (Wildman–Crippen LogP) is -0.229. The van der Waals surface area contributed by atoms with E-state index in [-0.39, 0.29) is 6.04 Å². The van der Waals surface area contributed by atoms with Crippen LogP contribution in [-0.2, 0) is 10.2 Å². The van der Waals surface area contributed by atoms with Crippen LogP contribution in [0, 0.1) is 0 Å². The van der Waals surface area contributed by atoms with Gasteiger partial charge in [0.25, 0.3) is 10.2 Å². The lowest BCUT2D eigenvalue weighted by Gasteiger charge is -2.21. The van der Waals surface area contributed by atoms with Crippen molar-refractivity contribution in [3.8, 4) is 0 Å². The van der Waals surface area contributed by atoms with E-state index in [2.05, 4.69) is 10.0 Å². The van der Waals surface area contributed by atoms with E-state index in [4.69, 9.17) is 0 Å². The minimum atomic E-state index is -3.28. The molecular formula is C8H21N3O2S. The fourth-order valence-corrected chi connectivity index (χ4v) is 2.01. The van der Waals surface area contributed by atoms with Crippen LogP contribution in [0.1, 0.15) is 20.3 Å². The summed E-state index contributed by atoms with van der Waals surface area (Å²) in [6.07, 6.45) is 0.793. The van der Waals surface area contributed by atoms with Crippen LogP contribution in [0.5, 0.6) is 0 Å². The van der Waals surface area contributed by atoms with E-state index in [1.807, 2.05) is 20.9 Å². The Kier molecular flexibility index (Phi) is 6.26. The molecular weight excluding hydrogens is 202 g/mol. The average molecular weight is 223 g/mol. The van der Waals surface area contributed by atoms with Crippen molar-refractivity contribution >= 4 is 10.2 Å². The summed E-state index contributed by atoms with van der Waals surface area (Å²) >= 11 is 0. The maximum Gasteiger partial charge on any atom is 0.279 e. The summed E-state index contributed by atoms with van der Waals surface area (Å²) < 4.78 is 26.9. The Hall–Kier alpha value is -0.170. The van der Waals surface area contributed by atoms with Crippen LogP contribution in [0.25, 0.3) is 0 Å². The molecule has 0 aliphatic heterocycles. The van der Waals surface area contributed by atoms with E-state index in [1.165, 1.54) is 4.31 Å². The second-order valence-electron chi connectivity index (χ2n) is 3.47. The largest absolute Gasteiger partial charge is 0.320 e. The average Bonchev–Trinajstić information content (AvgIpc) is 2.11. The molecule has 6 heteroatoms. The fourth-order valence-electron chi connectivity index (χ4n) is 0.846. The molecule has 0 bridgehead atoms. The number of hydrogen-bond acceptors (Lipinski definition) is 3. The van der Waals surface area contributed by atoms with Crippen molar-refractivity contribution in [1.82, 2.24) is 14.3 Å². The molecule has 0 aliphatic rings. The molecule has 0 aromatic heterocycles. The van der Waals surface area contributed by atoms with Gasteiger partial charge in [-0.05, 0) is 33.9 Å². The summed E-state index contributed by atoms with van der Waals surface area (Å²) in [6, 6.07) is -0.0169. The number of hydrogen-bond donors (Lipinski definition) is 2. The van der Waals surface area contributed by atoms with Crippen LogP contribution in [0.15, 0.2) is 0 Å². The van der Waals surface area contributed by atoms with Crippen molar-refractivity contribution in [2.24, 2.45) is 0 Å². The summed E-state index contributed by atoms with van der Waals surface area (Å²) in [6.45, 7) is 4.97. The molecule has 5 nitrogen and oxygen atoms in total. The highest BCUT2D eigenvalue weighted by atomic mass is 32.2. The first-order valence-corrected chi connectivity index (χ1v) is 6.23. The van der Waals surface area contributed by atoms with Crippen molar-refractivity contribution in [3.63, 3.8) is 0 Å². The highest BCUT2D eigenvalue weighted by molar-refractivity contribution is 7.87. The van der Waals surface area contributed by atoms with Gasteiger partial charge in [0, 0.05) is 19.6 Å². The van der Waals surface area contributed by atoms with E-state index in [9.17, 15) is 8.42 Å². The predicted molar refractivity (Wildman–Crippen MR) is 58.4 cm³/mol. The maximum atomic E-state index is 11.5. The van der Waals surface area contributed by atoms with E-state index in [0.29, 0.717) is 6.54 Å². The van der Waals surface area contributed by atoms with Gasteiger partial charge in [0.1, 0.15) is 0 Å². The Morgan fingerprint density at radius 2 is 1.86 bits per heavy atom. The quantitative estimate of drug-likeness (QED) is 0.586. The molecule has 0 aromatic rings. The zero-order chi connectivity index (χ0) is 11.2. The van der Waals surface area contributed by atoms with Crippen LogP contribution >= 0.6 is 0 Å². The second-order valence-corrected chi connectivity index (χ2v) is 5.28. The van der Waals surface area contributed by atoms with E-state index >= 15 is 0 Å². The molecule has 0 aliphatic carbocycles. The molecule has 0 heterocycles. The van der Waals surface area contributed by atoms with Crippen molar-refractivity contribution in [1.29, 1.82) is 0 Å². The molecule has 0 saturated heterocycles. The van der Waals surface area contributed by atoms with Gasteiger partial charge in [-0.15, -0.1) is 0 Å². The summed E-state index contributed by atoms with van der Waals surface area (Å²) in [4.78, 5) is 0. The number of nitrogens with zero attached hydrogens (tertiary/aromatic N) is 1. The number of rotatable bonds is 7. The minimum Gasteiger partial charge on any atom is -0.320 e. The summed E-state index contributed by atoms with van der Waals surface area (Å²) in [5.41, 5.74) is 0. The smallest absolute Gasteiger partial charge is 0.279 e. The first-order chi connectivity index (χ1) is 6.41. The zero-order valence-electron chi connectivity index (χ0n) is 9.37.